The molecular weight excluding hydrogens is 327 g/mol. The molecule has 1 aliphatic carbocycles. The molecule has 1 aromatic rings. The van der Waals surface area contributed by atoms with Crippen LogP contribution in [-0.4, -0.2) is 24.5 Å². The molecule has 0 aromatic heterocycles. The van der Waals surface area contributed by atoms with E-state index in [0.717, 1.165) is 13.0 Å². The topological polar surface area (TPSA) is 9.23 Å². The Morgan fingerprint density at radius 3 is 2.44 bits per heavy atom. The molecular formula is C16H24OSn. The number of hydrogen-bond acceptors (Lipinski definition) is 1. The molecule has 0 heterocycles. The molecule has 0 fully saturated rings. The van der Waals surface area contributed by atoms with Crippen molar-refractivity contribution in [1.29, 1.82) is 0 Å². The first-order chi connectivity index (χ1) is 8.55. The second-order valence-corrected chi connectivity index (χ2v) is 20.8. The summed E-state index contributed by atoms with van der Waals surface area (Å²) in [4.78, 5) is 7.52. The van der Waals surface area contributed by atoms with Crippen LogP contribution < -0.4 is 0 Å². The third-order valence-corrected chi connectivity index (χ3v) is 10.4. The number of ether oxygens (including phenoxy) is 1. The van der Waals surface area contributed by atoms with Crippen molar-refractivity contribution in [2.75, 3.05) is 0 Å². The Kier molecular flexibility index (Phi) is 4.90. The number of benzene rings is 1. The van der Waals surface area contributed by atoms with Gasteiger partial charge in [-0.05, 0) is 0 Å². The average Bonchev–Trinajstić information content (AvgIpc) is 2.37. The van der Waals surface area contributed by atoms with Crippen molar-refractivity contribution < 1.29 is 4.74 Å². The standard InChI is InChI=1S/C13H15O.3CH3.Sn/c1-3-7-12(8-4-1)11-14-13-9-5-2-6-10-13;;;;/h1,3-5,7-8,13H,6,9-11H2;3*1H3;. The number of allylic oxidation sites excluding steroid dienone is 1. The molecule has 0 saturated heterocycles. The van der Waals surface area contributed by atoms with Crippen LogP contribution in [0.15, 0.2) is 40.0 Å². The van der Waals surface area contributed by atoms with Crippen LogP contribution in [0.5, 0.6) is 0 Å². The maximum absolute atomic E-state index is 6.01. The summed E-state index contributed by atoms with van der Waals surface area (Å²) in [7, 11) is 0. The molecule has 0 bridgehead atoms. The first-order valence-electron chi connectivity index (χ1n) is 6.91. The Bertz CT molecular complexity index is 403. The zero-order chi connectivity index (χ0) is 13.0. The molecule has 1 atom stereocenters. The molecule has 1 aromatic carbocycles. The van der Waals surface area contributed by atoms with E-state index in [0.29, 0.717) is 6.10 Å². The fourth-order valence-corrected chi connectivity index (χ4v) is 7.07. The van der Waals surface area contributed by atoms with Crippen LogP contribution in [0.2, 0.25) is 14.8 Å². The second-order valence-electron chi connectivity index (χ2n) is 6.17. The van der Waals surface area contributed by atoms with E-state index in [-0.39, 0.29) is 0 Å². The van der Waals surface area contributed by atoms with Gasteiger partial charge in [0.2, 0.25) is 0 Å². The zero-order valence-electron chi connectivity index (χ0n) is 11.8. The summed E-state index contributed by atoms with van der Waals surface area (Å²) in [6, 6.07) is 10.5. The van der Waals surface area contributed by atoms with E-state index in [4.69, 9.17) is 4.74 Å². The van der Waals surface area contributed by atoms with Gasteiger partial charge >= 0.3 is 115 Å². The van der Waals surface area contributed by atoms with Crippen molar-refractivity contribution in [3.63, 3.8) is 0 Å². The SMILES string of the molecule is [CH3][Sn]([CH3])([CH3])[C]1=CCC(OCc2ccccc2)CC1. The summed E-state index contributed by atoms with van der Waals surface area (Å²) < 4.78 is 7.80. The van der Waals surface area contributed by atoms with Crippen molar-refractivity contribution in [1.82, 2.24) is 0 Å². The number of rotatable bonds is 4. The Labute approximate surface area is 115 Å². The van der Waals surface area contributed by atoms with Gasteiger partial charge in [0.15, 0.2) is 0 Å². The van der Waals surface area contributed by atoms with Crippen molar-refractivity contribution >= 4 is 18.4 Å². The predicted molar refractivity (Wildman–Crippen MR) is 80.3 cm³/mol. The Hall–Kier alpha value is -0.281. The average molecular weight is 351 g/mol. The summed E-state index contributed by atoms with van der Waals surface area (Å²) in [5.41, 5.74) is 1.28. The third kappa shape index (κ3) is 4.13. The molecule has 0 aliphatic heterocycles. The molecule has 0 radical (unpaired) electrons. The summed E-state index contributed by atoms with van der Waals surface area (Å²) in [6.45, 7) is 0.757. The van der Waals surface area contributed by atoms with Crippen molar-refractivity contribution in [2.24, 2.45) is 0 Å². The summed E-state index contributed by atoms with van der Waals surface area (Å²) in [5.74, 6) is 0. The van der Waals surface area contributed by atoms with Gasteiger partial charge in [0, 0.05) is 0 Å². The predicted octanol–water partition coefficient (Wildman–Crippen LogP) is 4.56. The molecule has 0 N–H and O–H groups in total. The molecule has 98 valence electrons. The Morgan fingerprint density at radius 1 is 1.17 bits per heavy atom. The van der Waals surface area contributed by atoms with E-state index in [1.807, 2.05) is 0 Å². The minimum absolute atomic E-state index is 0.433. The molecule has 0 saturated carbocycles. The second kappa shape index (κ2) is 6.25. The first-order valence-corrected chi connectivity index (χ1v) is 16.9. The summed E-state index contributed by atoms with van der Waals surface area (Å²) in [6.07, 6.45) is 6.53. The van der Waals surface area contributed by atoms with E-state index in [1.54, 1.807) is 3.59 Å². The van der Waals surface area contributed by atoms with E-state index >= 15 is 0 Å². The van der Waals surface area contributed by atoms with Crippen molar-refractivity contribution in [2.45, 2.75) is 46.8 Å². The van der Waals surface area contributed by atoms with Gasteiger partial charge in [0.1, 0.15) is 0 Å². The summed E-state index contributed by atoms with van der Waals surface area (Å²) in [5, 5.41) is 0. The van der Waals surface area contributed by atoms with Crippen LogP contribution in [-0.2, 0) is 11.3 Å². The number of hydrogen-bond donors (Lipinski definition) is 0. The Morgan fingerprint density at radius 2 is 1.89 bits per heavy atom. The summed E-state index contributed by atoms with van der Waals surface area (Å²) >= 11 is -1.78. The van der Waals surface area contributed by atoms with Crippen molar-refractivity contribution in [3.05, 3.63) is 45.6 Å². The molecule has 0 amide bonds. The molecule has 0 spiro atoms. The Balaban J connectivity index is 1.82. The maximum atomic E-state index is 6.01. The van der Waals surface area contributed by atoms with E-state index in [1.165, 1.54) is 18.4 Å². The quantitative estimate of drug-likeness (QED) is 0.723. The normalized spacial score (nSPS) is 20.6. The van der Waals surface area contributed by atoms with Gasteiger partial charge in [-0.25, -0.2) is 0 Å². The van der Waals surface area contributed by atoms with Crippen LogP contribution in [0.4, 0.5) is 0 Å². The molecule has 2 rings (SSSR count). The van der Waals surface area contributed by atoms with Gasteiger partial charge in [-0.3, -0.25) is 0 Å². The van der Waals surface area contributed by atoms with E-state index < -0.39 is 18.4 Å². The van der Waals surface area contributed by atoms with Gasteiger partial charge < -0.3 is 0 Å². The molecule has 2 heteroatoms. The minimum atomic E-state index is -1.78. The van der Waals surface area contributed by atoms with Gasteiger partial charge in [0.05, 0.1) is 0 Å². The van der Waals surface area contributed by atoms with Gasteiger partial charge in [-0.2, -0.15) is 0 Å². The van der Waals surface area contributed by atoms with Gasteiger partial charge in [0.25, 0.3) is 0 Å². The third-order valence-electron chi connectivity index (χ3n) is 3.65. The van der Waals surface area contributed by atoms with Crippen LogP contribution in [0, 0.1) is 0 Å². The van der Waals surface area contributed by atoms with Crippen molar-refractivity contribution in [3.8, 4) is 0 Å². The molecule has 1 nitrogen and oxygen atoms in total. The van der Waals surface area contributed by atoms with Crippen LogP contribution in [0.1, 0.15) is 24.8 Å². The zero-order valence-corrected chi connectivity index (χ0v) is 14.6. The van der Waals surface area contributed by atoms with Crippen LogP contribution in [0.25, 0.3) is 0 Å². The monoisotopic (exact) mass is 352 g/mol. The molecule has 18 heavy (non-hydrogen) atoms. The van der Waals surface area contributed by atoms with Crippen LogP contribution in [0.3, 0.4) is 0 Å². The van der Waals surface area contributed by atoms with Crippen LogP contribution >= 0.6 is 0 Å². The molecule has 1 unspecified atom stereocenters. The first kappa shape index (κ1) is 14.1. The van der Waals surface area contributed by atoms with E-state index in [2.05, 4.69) is 51.2 Å². The van der Waals surface area contributed by atoms with E-state index in [9.17, 15) is 0 Å². The fourth-order valence-electron chi connectivity index (χ4n) is 2.43. The van der Waals surface area contributed by atoms with Gasteiger partial charge in [-0.1, -0.05) is 0 Å². The fraction of sp³-hybridized carbons (Fsp3) is 0.500. The van der Waals surface area contributed by atoms with Gasteiger partial charge in [-0.15, -0.1) is 0 Å². The molecule has 1 aliphatic rings.